The molecule has 0 aliphatic carbocycles. The van der Waals surface area contributed by atoms with Gasteiger partial charge in [0, 0.05) is 37.5 Å². The molecule has 0 saturated carbocycles. The zero-order valence-corrected chi connectivity index (χ0v) is 18.4. The lowest BCUT2D eigenvalue weighted by Crippen LogP contribution is -2.26. The van der Waals surface area contributed by atoms with E-state index in [0.717, 1.165) is 0 Å². The van der Waals surface area contributed by atoms with Crippen molar-refractivity contribution in [3.8, 4) is 18.1 Å². The number of hydrogen-bond acceptors (Lipinski definition) is 6. The van der Waals surface area contributed by atoms with Crippen LogP contribution in [0.5, 0.6) is 5.75 Å². The number of nitrogens with one attached hydrogen (secondary N) is 3. The second-order valence-corrected chi connectivity index (χ2v) is 8.43. The van der Waals surface area contributed by atoms with E-state index in [9.17, 15) is 18.0 Å². The highest BCUT2D eigenvalue weighted by Gasteiger charge is 2.17. The van der Waals surface area contributed by atoms with Gasteiger partial charge in [0.15, 0.2) is 5.75 Å². The maximum Gasteiger partial charge on any atom is 0.412 e. The number of rotatable bonds is 6. The van der Waals surface area contributed by atoms with Crippen LogP contribution in [0, 0.1) is 19.3 Å². The average Bonchev–Trinajstić information content (AvgIpc) is 2.76. The molecule has 0 aliphatic heterocycles. The minimum Gasteiger partial charge on any atom is -0.422 e. The molecule has 1 heterocycles. The predicted molar refractivity (Wildman–Crippen MR) is 121 cm³/mol. The van der Waals surface area contributed by atoms with Crippen LogP contribution in [-0.4, -0.2) is 28.6 Å². The van der Waals surface area contributed by atoms with Gasteiger partial charge in [-0.2, -0.15) is 8.42 Å². The van der Waals surface area contributed by atoms with E-state index in [1.165, 1.54) is 20.2 Å². The highest BCUT2D eigenvalue weighted by molar-refractivity contribution is 7.90. The Bertz CT molecular complexity index is 1400. The first-order valence-corrected chi connectivity index (χ1v) is 10.9. The monoisotopic (exact) mass is 455 g/mol. The van der Waals surface area contributed by atoms with Gasteiger partial charge in [0.2, 0.25) is 0 Å². The van der Waals surface area contributed by atoms with Gasteiger partial charge in [-0.3, -0.25) is 4.72 Å². The van der Waals surface area contributed by atoms with Crippen molar-refractivity contribution in [2.24, 2.45) is 0 Å². The molecular weight excluding hydrogens is 434 g/mol. The smallest absolute Gasteiger partial charge is 0.412 e. The zero-order chi connectivity index (χ0) is 23.5. The Morgan fingerprint density at radius 1 is 1.22 bits per heavy atom. The summed E-state index contributed by atoms with van der Waals surface area (Å²) in [6.45, 7) is 1.77. The molecule has 0 fully saturated rings. The molecule has 0 spiro atoms. The Morgan fingerprint density at radius 3 is 2.62 bits per heavy atom. The minimum atomic E-state index is -3.67. The molecule has 0 aliphatic rings. The van der Waals surface area contributed by atoms with Gasteiger partial charge in [-0.25, -0.2) is 14.3 Å². The van der Waals surface area contributed by atoms with Crippen molar-refractivity contribution < 1.29 is 22.4 Å². The van der Waals surface area contributed by atoms with Crippen molar-refractivity contribution in [3.05, 3.63) is 69.1 Å². The second kappa shape index (κ2) is 9.13. The number of aryl methyl sites for hydroxylation is 1. The standard InChI is InChI=1S/C22H21N3O6S/c1-5-15-11-17-13(2)18(21(26)30-20(17)12-19(15)31-22(27)23-3)10-14-7-6-8-16(9-14)25-32(28,29)24-4/h1,6-9,11-12,24-25H,10H2,2-4H3,(H,23,27). The summed E-state index contributed by atoms with van der Waals surface area (Å²) in [5.41, 5.74) is 2.10. The molecule has 10 heteroatoms. The summed E-state index contributed by atoms with van der Waals surface area (Å²) in [5.74, 6) is 2.56. The fourth-order valence-corrected chi connectivity index (χ4v) is 3.66. The molecule has 32 heavy (non-hydrogen) atoms. The van der Waals surface area contributed by atoms with Gasteiger partial charge in [0.05, 0.1) is 11.3 Å². The molecule has 3 aromatic rings. The highest BCUT2D eigenvalue weighted by Crippen LogP contribution is 2.29. The third-order valence-electron chi connectivity index (χ3n) is 4.78. The lowest BCUT2D eigenvalue weighted by atomic mass is 9.98. The van der Waals surface area contributed by atoms with Crippen LogP contribution in [0.2, 0.25) is 0 Å². The van der Waals surface area contributed by atoms with E-state index < -0.39 is 21.9 Å². The fraction of sp³-hybridized carbons (Fsp3) is 0.182. The first-order valence-electron chi connectivity index (χ1n) is 9.44. The maximum atomic E-state index is 12.7. The number of benzene rings is 2. The normalized spacial score (nSPS) is 11.1. The molecule has 2 aromatic carbocycles. The molecule has 1 amide bonds. The molecule has 0 bridgehead atoms. The van der Waals surface area contributed by atoms with Crippen LogP contribution in [0.4, 0.5) is 10.5 Å². The lowest BCUT2D eigenvalue weighted by molar-refractivity contribution is 0.203. The quantitative estimate of drug-likeness (QED) is 0.387. The summed E-state index contributed by atoms with van der Waals surface area (Å²) >= 11 is 0. The number of fused-ring (bicyclic) bond motifs is 1. The zero-order valence-electron chi connectivity index (χ0n) is 17.6. The highest BCUT2D eigenvalue weighted by atomic mass is 32.2. The number of terminal acetylenes is 1. The Hall–Kier alpha value is -3.81. The molecule has 0 unspecified atom stereocenters. The summed E-state index contributed by atoms with van der Waals surface area (Å²) < 4.78 is 38.6. The molecule has 0 saturated heterocycles. The van der Waals surface area contributed by atoms with Gasteiger partial charge in [-0.15, -0.1) is 6.42 Å². The average molecular weight is 455 g/mol. The fourth-order valence-electron chi connectivity index (χ4n) is 3.12. The van der Waals surface area contributed by atoms with E-state index >= 15 is 0 Å². The van der Waals surface area contributed by atoms with Crippen molar-refractivity contribution in [1.82, 2.24) is 10.0 Å². The van der Waals surface area contributed by atoms with E-state index in [-0.39, 0.29) is 17.8 Å². The predicted octanol–water partition coefficient (Wildman–Crippen LogP) is 2.27. The van der Waals surface area contributed by atoms with Crippen molar-refractivity contribution >= 4 is 33.0 Å². The minimum absolute atomic E-state index is 0.0965. The largest absolute Gasteiger partial charge is 0.422 e. The number of anilines is 1. The Morgan fingerprint density at radius 2 is 1.97 bits per heavy atom. The van der Waals surface area contributed by atoms with E-state index in [1.54, 1.807) is 37.3 Å². The Labute approximate surface area is 185 Å². The van der Waals surface area contributed by atoms with Crippen molar-refractivity contribution in [3.63, 3.8) is 0 Å². The van der Waals surface area contributed by atoms with Crippen LogP contribution in [-0.2, 0) is 16.6 Å². The Kier molecular flexibility index (Phi) is 6.53. The van der Waals surface area contributed by atoms with E-state index in [1.807, 2.05) is 0 Å². The molecule has 3 rings (SSSR count). The molecule has 166 valence electrons. The van der Waals surface area contributed by atoms with Crippen LogP contribution >= 0.6 is 0 Å². The molecule has 0 radical (unpaired) electrons. The molecule has 9 nitrogen and oxygen atoms in total. The Balaban J connectivity index is 2.04. The van der Waals surface area contributed by atoms with Gasteiger partial charge >= 0.3 is 11.7 Å². The molecule has 1 aromatic heterocycles. The third-order valence-corrected chi connectivity index (χ3v) is 5.82. The van der Waals surface area contributed by atoms with Crippen LogP contribution in [0.3, 0.4) is 0 Å². The van der Waals surface area contributed by atoms with Crippen molar-refractivity contribution in [2.75, 3.05) is 18.8 Å². The lowest BCUT2D eigenvalue weighted by Gasteiger charge is -2.12. The topological polar surface area (TPSA) is 127 Å². The van der Waals surface area contributed by atoms with Gasteiger partial charge in [-0.05, 0) is 36.2 Å². The summed E-state index contributed by atoms with van der Waals surface area (Å²) in [6.07, 6.45) is 5.07. The summed E-state index contributed by atoms with van der Waals surface area (Å²) in [7, 11) is -0.961. The third kappa shape index (κ3) is 4.91. The number of carbonyl (C=O) groups is 1. The van der Waals surface area contributed by atoms with Crippen molar-refractivity contribution in [1.29, 1.82) is 0 Å². The van der Waals surface area contributed by atoms with Crippen LogP contribution in [0.25, 0.3) is 11.0 Å². The summed E-state index contributed by atoms with van der Waals surface area (Å²) in [6, 6.07) is 9.71. The number of carbonyl (C=O) groups excluding carboxylic acids is 1. The van der Waals surface area contributed by atoms with Crippen LogP contribution in [0.15, 0.2) is 45.6 Å². The maximum absolute atomic E-state index is 12.7. The summed E-state index contributed by atoms with van der Waals surface area (Å²) in [5, 5.41) is 2.93. The number of amides is 1. The SMILES string of the molecule is C#Cc1cc2c(C)c(Cc3cccc(NS(=O)(=O)NC)c3)c(=O)oc2cc1OC(=O)NC. The van der Waals surface area contributed by atoms with E-state index in [2.05, 4.69) is 20.7 Å². The van der Waals surface area contributed by atoms with Gasteiger partial charge in [-0.1, -0.05) is 18.1 Å². The second-order valence-electron chi connectivity index (χ2n) is 6.81. The van der Waals surface area contributed by atoms with Crippen LogP contribution < -0.4 is 25.1 Å². The van der Waals surface area contributed by atoms with Crippen LogP contribution in [0.1, 0.15) is 22.3 Å². The van der Waals surface area contributed by atoms with Gasteiger partial charge < -0.3 is 14.5 Å². The van der Waals surface area contributed by atoms with E-state index in [0.29, 0.717) is 33.3 Å². The number of hydrogen-bond donors (Lipinski definition) is 3. The van der Waals surface area contributed by atoms with Gasteiger partial charge in [0.25, 0.3) is 10.2 Å². The number of ether oxygens (including phenoxy) is 1. The first-order chi connectivity index (χ1) is 15.2. The van der Waals surface area contributed by atoms with E-state index in [4.69, 9.17) is 15.6 Å². The molecule has 3 N–H and O–H groups in total. The summed E-state index contributed by atoms with van der Waals surface area (Å²) in [4.78, 5) is 24.3. The molecular formula is C22H21N3O6S. The van der Waals surface area contributed by atoms with Gasteiger partial charge in [0.1, 0.15) is 5.58 Å². The van der Waals surface area contributed by atoms with Crippen molar-refractivity contribution in [2.45, 2.75) is 13.3 Å². The first kappa shape index (κ1) is 22.9. The molecule has 0 atom stereocenters.